The maximum absolute atomic E-state index is 13.0. The van der Waals surface area contributed by atoms with Crippen LogP contribution in [-0.4, -0.2) is 47.9 Å². The summed E-state index contributed by atoms with van der Waals surface area (Å²) in [5.74, 6) is -0.154. The van der Waals surface area contributed by atoms with E-state index in [9.17, 15) is 22.8 Å². The Kier molecular flexibility index (Phi) is 4.38. The predicted octanol–water partition coefficient (Wildman–Crippen LogP) is 2.35. The van der Waals surface area contributed by atoms with Crippen LogP contribution in [0.4, 0.5) is 18.0 Å². The standard InChI is InChI=1S/C17H20F3N3O2/c18-17(19,20)13-4-1-3-12(11-13)16(5-6-16)14(24)22-7-2-8-23(10-9-22)15(21)25/h1,3-4,11H,2,5-10H2,(H2,21,25). The normalized spacial score (nSPS) is 20.1. The van der Waals surface area contributed by atoms with Crippen molar-refractivity contribution in [2.24, 2.45) is 5.73 Å². The molecule has 136 valence electrons. The number of amides is 3. The van der Waals surface area contributed by atoms with E-state index in [1.165, 1.54) is 11.0 Å². The zero-order valence-corrected chi connectivity index (χ0v) is 13.7. The van der Waals surface area contributed by atoms with Crippen LogP contribution in [0.1, 0.15) is 30.4 Å². The monoisotopic (exact) mass is 355 g/mol. The van der Waals surface area contributed by atoms with Gasteiger partial charge >= 0.3 is 12.2 Å². The number of urea groups is 1. The molecule has 1 aromatic rings. The van der Waals surface area contributed by atoms with Gasteiger partial charge in [-0.15, -0.1) is 0 Å². The molecule has 2 fully saturated rings. The van der Waals surface area contributed by atoms with E-state index in [-0.39, 0.29) is 5.91 Å². The van der Waals surface area contributed by atoms with Gasteiger partial charge in [-0.3, -0.25) is 4.79 Å². The van der Waals surface area contributed by atoms with E-state index in [0.717, 1.165) is 12.1 Å². The lowest BCUT2D eigenvalue weighted by Gasteiger charge is -2.27. The highest BCUT2D eigenvalue weighted by atomic mass is 19.4. The summed E-state index contributed by atoms with van der Waals surface area (Å²) in [7, 11) is 0. The summed E-state index contributed by atoms with van der Waals surface area (Å²) in [5.41, 5.74) is 4.11. The second-order valence-corrected chi connectivity index (χ2v) is 6.63. The molecule has 1 saturated heterocycles. The number of primary amides is 1. The van der Waals surface area contributed by atoms with Crippen LogP contribution in [0.15, 0.2) is 24.3 Å². The van der Waals surface area contributed by atoms with Crippen LogP contribution >= 0.6 is 0 Å². The van der Waals surface area contributed by atoms with E-state index in [4.69, 9.17) is 5.73 Å². The largest absolute Gasteiger partial charge is 0.416 e. The van der Waals surface area contributed by atoms with Crippen molar-refractivity contribution in [3.05, 3.63) is 35.4 Å². The van der Waals surface area contributed by atoms with Crippen molar-refractivity contribution in [1.82, 2.24) is 9.80 Å². The molecule has 0 radical (unpaired) electrons. The Morgan fingerprint density at radius 1 is 1.04 bits per heavy atom. The summed E-state index contributed by atoms with van der Waals surface area (Å²) >= 11 is 0. The van der Waals surface area contributed by atoms with Crippen molar-refractivity contribution in [2.75, 3.05) is 26.2 Å². The number of rotatable bonds is 2. The van der Waals surface area contributed by atoms with E-state index >= 15 is 0 Å². The molecule has 1 saturated carbocycles. The van der Waals surface area contributed by atoms with Crippen molar-refractivity contribution >= 4 is 11.9 Å². The molecule has 0 bridgehead atoms. The highest BCUT2D eigenvalue weighted by molar-refractivity contribution is 5.91. The van der Waals surface area contributed by atoms with Crippen molar-refractivity contribution in [3.8, 4) is 0 Å². The Balaban J connectivity index is 1.79. The lowest BCUT2D eigenvalue weighted by Crippen LogP contribution is -2.43. The van der Waals surface area contributed by atoms with Gasteiger partial charge in [0.15, 0.2) is 0 Å². The molecule has 0 spiro atoms. The van der Waals surface area contributed by atoms with Crippen molar-refractivity contribution < 1.29 is 22.8 Å². The third kappa shape index (κ3) is 3.43. The number of carbonyl (C=O) groups is 2. The summed E-state index contributed by atoms with van der Waals surface area (Å²) < 4.78 is 38.9. The molecule has 1 heterocycles. The molecular formula is C17H20F3N3O2. The van der Waals surface area contributed by atoms with E-state index in [1.807, 2.05) is 0 Å². The van der Waals surface area contributed by atoms with Gasteiger partial charge < -0.3 is 15.5 Å². The first-order valence-corrected chi connectivity index (χ1v) is 8.25. The number of nitrogens with zero attached hydrogens (tertiary/aromatic N) is 2. The molecule has 2 aliphatic rings. The Morgan fingerprint density at radius 3 is 2.28 bits per heavy atom. The number of benzene rings is 1. The maximum Gasteiger partial charge on any atom is 0.416 e. The molecule has 1 aliphatic carbocycles. The Bertz CT molecular complexity index is 686. The van der Waals surface area contributed by atoms with Gasteiger partial charge in [0.2, 0.25) is 5.91 Å². The number of halogens is 3. The SMILES string of the molecule is NC(=O)N1CCCN(C(=O)C2(c3cccc(C(F)(F)F)c3)CC2)CC1. The fourth-order valence-electron chi connectivity index (χ4n) is 3.39. The van der Waals surface area contributed by atoms with Gasteiger partial charge in [0.1, 0.15) is 0 Å². The molecule has 1 aliphatic heterocycles. The molecule has 0 unspecified atom stereocenters. The van der Waals surface area contributed by atoms with Crippen molar-refractivity contribution in [1.29, 1.82) is 0 Å². The summed E-state index contributed by atoms with van der Waals surface area (Å²) in [6.07, 6.45) is -2.74. The van der Waals surface area contributed by atoms with E-state index in [2.05, 4.69) is 0 Å². The second-order valence-electron chi connectivity index (χ2n) is 6.63. The van der Waals surface area contributed by atoms with E-state index in [0.29, 0.717) is 51.0 Å². The van der Waals surface area contributed by atoms with Crippen LogP contribution in [0, 0.1) is 0 Å². The fourth-order valence-corrected chi connectivity index (χ4v) is 3.39. The van der Waals surface area contributed by atoms with Gasteiger partial charge in [0.05, 0.1) is 11.0 Å². The van der Waals surface area contributed by atoms with Gasteiger partial charge in [-0.25, -0.2) is 4.79 Å². The molecule has 2 N–H and O–H groups in total. The average Bonchev–Trinajstić information content (AvgIpc) is 3.38. The van der Waals surface area contributed by atoms with Crippen LogP contribution in [0.25, 0.3) is 0 Å². The first-order chi connectivity index (χ1) is 11.7. The molecule has 0 atom stereocenters. The van der Waals surface area contributed by atoms with Crippen LogP contribution < -0.4 is 5.73 Å². The first-order valence-electron chi connectivity index (χ1n) is 8.25. The minimum Gasteiger partial charge on any atom is -0.351 e. The Morgan fingerprint density at radius 2 is 1.68 bits per heavy atom. The number of alkyl halides is 3. The molecule has 0 aromatic heterocycles. The molecule has 8 heteroatoms. The number of hydrogen-bond acceptors (Lipinski definition) is 2. The Hall–Kier alpha value is -2.25. The number of carbonyl (C=O) groups excluding carboxylic acids is 2. The number of nitrogens with two attached hydrogens (primary N) is 1. The average molecular weight is 355 g/mol. The maximum atomic E-state index is 13.0. The molecule has 5 nitrogen and oxygen atoms in total. The number of hydrogen-bond donors (Lipinski definition) is 1. The van der Waals surface area contributed by atoms with Crippen molar-refractivity contribution in [2.45, 2.75) is 30.9 Å². The molecular weight excluding hydrogens is 335 g/mol. The molecule has 3 amide bonds. The molecule has 25 heavy (non-hydrogen) atoms. The summed E-state index contributed by atoms with van der Waals surface area (Å²) in [5, 5.41) is 0. The van der Waals surface area contributed by atoms with Gasteiger partial charge in [-0.2, -0.15) is 13.2 Å². The van der Waals surface area contributed by atoms with Crippen LogP contribution in [0.5, 0.6) is 0 Å². The van der Waals surface area contributed by atoms with E-state index < -0.39 is 23.2 Å². The minimum absolute atomic E-state index is 0.154. The van der Waals surface area contributed by atoms with Crippen LogP contribution in [0.2, 0.25) is 0 Å². The highest BCUT2D eigenvalue weighted by Gasteiger charge is 2.53. The van der Waals surface area contributed by atoms with Gasteiger partial charge in [0.25, 0.3) is 0 Å². The topological polar surface area (TPSA) is 66.6 Å². The second kappa shape index (κ2) is 6.24. The summed E-state index contributed by atoms with van der Waals surface area (Å²) in [4.78, 5) is 27.4. The van der Waals surface area contributed by atoms with Gasteiger partial charge in [-0.1, -0.05) is 18.2 Å². The first kappa shape index (κ1) is 17.6. The zero-order valence-electron chi connectivity index (χ0n) is 13.7. The fraction of sp³-hybridized carbons (Fsp3) is 0.529. The predicted molar refractivity (Wildman–Crippen MR) is 84.7 cm³/mol. The lowest BCUT2D eigenvalue weighted by molar-refractivity contribution is -0.138. The van der Waals surface area contributed by atoms with Crippen LogP contribution in [0.3, 0.4) is 0 Å². The third-order valence-corrected chi connectivity index (χ3v) is 5.00. The molecule has 3 rings (SSSR count). The van der Waals surface area contributed by atoms with Crippen molar-refractivity contribution in [3.63, 3.8) is 0 Å². The highest BCUT2D eigenvalue weighted by Crippen LogP contribution is 2.50. The zero-order chi connectivity index (χ0) is 18.2. The Labute approximate surface area is 143 Å². The van der Waals surface area contributed by atoms with E-state index in [1.54, 1.807) is 11.0 Å². The molecule has 1 aromatic carbocycles. The minimum atomic E-state index is -4.43. The van der Waals surface area contributed by atoms with Gasteiger partial charge in [-0.05, 0) is 30.9 Å². The van der Waals surface area contributed by atoms with Gasteiger partial charge in [0, 0.05) is 26.2 Å². The lowest BCUT2D eigenvalue weighted by atomic mass is 9.92. The third-order valence-electron chi connectivity index (χ3n) is 5.00. The quantitative estimate of drug-likeness (QED) is 0.885. The summed E-state index contributed by atoms with van der Waals surface area (Å²) in [6.45, 7) is 1.65. The summed E-state index contributed by atoms with van der Waals surface area (Å²) in [6, 6.07) is 4.52. The smallest absolute Gasteiger partial charge is 0.351 e. The van der Waals surface area contributed by atoms with Crippen LogP contribution in [-0.2, 0) is 16.4 Å².